The molecular weight excluding hydrogens is 380 g/mol. The van der Waals surface area contributed by atoms with Gasteiger partial charge in [0.25, 0.3) is 0 Å². The van der Waals surface area contributed by atoms with Gasteiger partial charge in [-0.1, -0.05) is 24.3 Å². The van der Waals surface area contributed by atoms with E-state index >= 15 is 0 Å². The highest BCUT2D eigenvalue weighted by molar-refractivity contribution is 7.18. The maximum absolute atomic E-state index is 12.6. The van der Waals surface area contributed by atoms with Gasteiger partial charge in [-0.2, -0.15) is 0 Å². The summed E-state index contributed by atoms with van der Waals surface area (Å²) in [6.45, 7) is 3.31. The van der Waals surface area contributed by atoms with E-state index in [-0.39, 0.29) is 22.9 Å². The molecule has 0 saturated carbocycles. The molecule has 1 aromatic carbocycles. The molecule has 8 heteroatoms. The van der Waals surface area contributed by atoms with Crippen molar-refractivity contribution < 1.29 is 23.9 Å². The summed E-state index contributed by atoms with van der Waals surface area (Å²) in [6.07, 6.45) is 0.890. The summed E-state index contributed by atoms with van der Waals surface area (Å²) in [6, 6.07) is 8.19. The number of amides is 1. The van der Waals surface area contributed by atoms with Crippen LogP contribution < -0.4 is 5.32 Å². The first-order valence-corrected chi connectivity index (χ1v) is 9.65. The van der Waals surface area contributed by atoms with Gasteiger partial charge in [-0.25, -0.2) is 9.59 Å². The van der Waals surface area contributed by atoms with Crippen LogP contribution in [0.2, 0.25) is 0 Å². The van der Waals surface area contributed by atoms with Crippen LogP contribution in [0.5, 0.6) is 0 Å². The Kier molecular flexibility index (Phi) is 6.11. The molecule has 7 nitrogen and oxygen atoms in total. The van der Waals surface area contributed by atoms with Gasteiger partial charge in [-0.05, 0) is 30.0 Å². The van der Waals surface area contributed by atoms with Crippen LogP contribution in [0.1, 0.15) is 36.7 Å². The van der Waals surface area contributed by atoms with Crippen LogP contribution in [0.4, 0.5) is 5.00 Å². The standard InChI is InChI=1S/C20H22N2O5S/c1-12-16(19(24)26-2)18(28-17(12)20(25)27-3)21-15(23)11-22-9-8-13-6-4-5-7-14(13)10-22/h4-7H,8-11H2,1-3H3,(H,21,23). The Morgan fingerprint density at radius 1 is 1.11 bits per heavy atom. The number of carbonyl (C=O) groups is 3. The molecule has 0 atom stereocenters. The zero-order valence-electron chi connectivity index (χ0n) is 16.0. The Bertz CT molecular complexity index is 921. The van der Waals surface area contributed by atoms with E-state index in [2.05, 4.69) is 22.3 Å². The minimum atomic E-state index is -0.605. The number of carbonyl (C=O) groups excluding carboxylic acids is 3. The first-order valence-electron chi connectivity index (χ1n) is 8.83. The van der Waals surface area contributed by atoms with Gasteiger partial charge in [0.15, 0.2) is 0 Å². The lowest BCUT2D eigenvalue weighted by molar-refractivity contribution is -0.117. The molecule has 3 rings (SSSR count). The number of hydrogen-bond acceptors (Lipinski definition) is 7. The largest absolute Gasteiger partial charge is 0.465 e. The second-order valence-corrected chi connectivity index (χ2v) is 7.54. The van der Waals surface area contributed by atoms with Crippen LogP contribution in [0.25, 0.3) is 0 Å². The third-order valence-corrected chi connectivity index (χ3v) is 5.92. The fourth-order valence-electron chi connectivity index (χ4n) is 3.30. The van der Waals surface area contributed by atoms with Crippen LogP contribution in [-0.4, -0.2) is 50.1 Å². The average Bonchev–Trinajstić information content (AvgIpc) is 3.02. The van der Waals surface area contributed by atoms with E-state index in [9.17, 15) is 14.4 Å². The molecule has 0 radical (unpaired) electrons. The van der Waals surface area contributed by atoms with Crippen LogP contribution >= 0.6 is 11.3 Å². The van der Waals surface area contributed by atoms with E-state index < -0.39 is 11.9 Å². The lowest BCUT2D eigenvalue weighted by atomic mass is 10.00. The Balaban J connectivity index is 1.75. The van der Waals surface area contributed by atoms with E-state index in [1.165, 1.54) is 25.3 Å². The van der Waals surface area contributed by atoms with E-state index in [1.807, 2.05) is 12.1 Å². The van der Waals surface area contributed by atoms with E-state index in [1.54, 1.807) is 6.92 Å². The molecule has 0 aliphatic carbocycles. The molecule has 28 heavy (non-hydrogen) atoms. The lowest BCUT2D eigenvalue weighted by Gasteiger charge is -2.28. The van der Waals surface area contributed by atoms with E-state index in [0.29, 0.717) is 17.1 Å². The van der Waals surface area contributed by atoms with Gasteiger partial charge in [0, 0.05) is 13.1 Å². The molecule has 0 fully saturated rings. The summed E-state index contributed by atoms with van der Waals surface area (Å²) in [5.74, 6) is -1.41. The van der Waals surface area contributed by atoms with Crippen LogP contribution in [0, 0.1) is 6.92 Å². The molecule has 1 aliphatic rings. The summed E-state index contributed by atoms with van der Waals surface area (Å²) < 4.78 is 9.57. The Hall–Kier alpha value is -2.71. The van der Waals surface area contributed by atoms with E-state index in [0.717, 1.165) is 24.3 Å². The smallest absolute Gasteiger partial charge is 0.348 e. The number of methoxy groups -OCH3 is 2. The molecule has 2 aromatic rings. The number of anilines is 1. The third kappa shape index (κ3) is 4.07. The fourth-order valence-corrected chi connectivity index (χ4v) is 4.42. The van der Waals surface area contributed by atoms with E-state index in [4.69, 9.17) is 9.47 Å². The zero-order chi connectivity index (χ0) is 20.3. The highest BCUT2D eigenvalue weighted by Gasteiger charge is 2.27. The van der Waals surface area contributed by atoms with Crippen molar-refractivity contribution in [2.24, 2.45) is 0 Å². The van der Waals surface area contributed by atoms with Crippen molar-refractivity contribution in [3.63, 3.8) is 0 Å². The quantitative estimate of drug-likeness (QED) is 0.774. The van der Waals surface area contributed by atoms with Gasteiger partial charge in [0.1, 0.15) is 9.88 Å². The number of benzene rings is 1. The van der Waals surface area contributed by atoms with Gasteiger partial charge in [0.05, 0.1) is 26.3 Å². The van der Waals surface area contributed by atoms with Crippen LogP contribution in [-0.2, 0) is 27.2 Å². The Morgan fingerprint density at radius 2 is 1.79 bits per heavy atom. The SMILES string of the molecule is COC(=O)c1sc(NC(=O)CN2CCc3ccccc3C2)c(C(=O)OC)c1C. The number of ether oxygens (including phenoxy) is 2. The highest BCUT2D eigenvalue weighted by Crippen LogP contribution is 2.34. The molecule has 0 saturated heterocycles. The molecule has 1 N–H and O–H groups in total. The summed E-state index contributed by atoms with van der Waals surface area (Å²) in [4.78, 5) is 39.0. The molecular formula is C20H22N2O5S. The highest BCUT2D eigenvalue weighted by atomic mass is 32.1. The monoisotopic (exact) mass is 402 g/mol. The van der Waals surface area contributed by atoms with Crippen molar-refractivity contribution in [1.29, 1.82) is 0 Å². The molecule has 0 bridgehead atoms. The summed E-state index contributed by atoms with van der Waals surface area (Å²) in [7, 11) is 2.53. The van der Waals surface area contributed by atoms with Crippen molar-refractivity contribution in [2.75, 3.05) is 32.6 Å². The molecule has 2 heterocycles. The zero-order valence-corrected chi connectivity index (χ0v) is 16.9. The number of thiophene rings is 1. The van der Waals surface area contributed by atoms with Gasteiger partial charge >= 0.3 is 11.9 Å². The number of nitrogens with zero attached hydrogens (tertiary/aromatic N) is 1. The molecule has 1 aromatic heterocycles. The number of esters is 2. The van der Waals surface area contributed by atoms with Crippen molar-refractivity contribution in [3.05, 3.63) is 51.4 Å². The van der Waals surface area contributed by atoms with Crippen LogP contribution in [0.3, 0.4) is 0 Å². The first kappa shape index (κ1) is 20.0. The van der Waals surface area contributed by atoms with Gasteiger partial charge in [0.2, 0.25) is 5.91 Å². The third-order valence-electron chi connectivity index (χ3n) is 4.74. The number of fused-ring (bicyclic) bond motifs is 1. The number of hydrogen-bond donors (Lipinski definition) is 1. The molecule has 0 spiro atoms. The van der Waals surface area contributed by atoms with Crippen molar-refractivity contribution in [2.45, 2.75) is 19.9 Å². The fraction of sp³-hybridized carbons (Fsp3) is 0.350. The topological polar surface area (TPSA) is 84.9 Å². The number of rotatable bonds is 5. The average molecular weight is 402 g/mol. The predicted octanol–water partition coefficient (Wildman–Crippen LogP) is 2.63. The molecule has 148 valence electrons. The predicted molar refractivity (Wildman–Crippen MR) is 106 cm³/mol. The maximum atomic E-state index is 12.6. The summed E-state index contributed by atoms with van der Waals surface area (Å²) in [5.41, 5.74) is 3.15. The second-order valence-electron chi connectivity index (χ2n) is 6.52. The lowest BCUT2D eigenvalue weighted by Crippen LogP contribution is -2.37. The summed E-state index contributed by atoms with van der Waals surface area (Å²) in [5, 5.41) is 3.06. The molecule has 1 amide bonds. The van der Waals surface area contributed by atoms with Crippen molar-refractivity contribution in [3.8, 4) is 0 Å². The molecule has 1 aliphatic heterocycles. The van der Waals surface area contributed by atoms with Crippen molar-refractivity contribution in [1.82, 2.24) is 4.90 Å². The summed E-state index contributed by atoms with van der Waals surface area (Å²) >= 11 is 1.02. The second kappa shape index (κ2) is 8.53. The van der Waals surface area contributed by atoms with Gasteiger partial charge < -0.3 is 14.8 Å². The van der Waals surface area contributed by atoms with Gasteiger partial charge in [-0.15, -0.1) is 11.3 Å². The number of nitrogens with one attached hydrogen (secondary N) is 1. The van der Waals surface area contributed by atoms with Crippen LogP contribution in [0.15, 0.2) is 24.3 Å². The maximum Gasteiger partial charge on any atom is 0.348 e. The Labute approximate surface area is 167 Å². The Morgan fingerprint density at radius 3 is 2.46 bits per heavy atom. The van der Waals surface area contributed by atoms with Crippen molar-refractivity contribution >= 4 is 34.2 Å². The van der Waals surface area contributed by atoms with Gasteiger partial charge in [-0.3, -0.25) is 9.69 Å². The minimum Gasteiger partial charge on any atom is -0.465 e. The normalized spacial score (nSPS) is 13.5. The first-order chi connectivity index (χ1) is 13.4. The minimum absolute atomic E-state index is 0.185. The molecule has 0 unspecified atom stereocenters.